The van der Waals surface area contributed by atoms with Gasteiger partial charge in [-0.25, -0.2) is 9.97 Å². The maximum Gasteiger partial charge on any atom is 0.416 e. The average Bonchev–Trinajstić information content (AvgIpc) is 3.57. The lowest BCUT2D eigenvalue weighted by molar-refractivity contribution is -0.137. The first-order valence-electron chi connectivity index (χ1n) is 16.1. The molecule has 1 aromatic carbocycles. The number of amides is 2. The molecule has 0 radical (unpaired) electrons. The van der Waals surface area contributed by atoms with Crippen LogP contribution >= 0.6 is 11.6 Å². The molecule has 4 aromatic rings. The van der Waals surface area contributed by atoms with Crippen molar-refractivity contribution in [2.45, 2.75) is 52.3 Å². The number of anilines is 2. The van der Waals surface area contributed by atoms with Gasteiger partial charge in [-0.3, -0.25) is 14.4 Å². The van der Waals surface area contributed by atoms with Crippen molar-refractivity contribution in [1.82, 2.24) is 34.0 Å². The zero-order valence-electron chi connectivity index (χ0n) is 27.8. The molecule has 1 aliphatic carbocycles. The molecule has 2 aliphatic rings. The summed E-state index contributed by atoms with van der Waals surface area (Å²) >= 11 is 6.09. The van der Waals surface area contributed by atoms with Gasteiger partial charge in [-0.1, -0.05) is 24.6 Å². The SMILES string of the molecule is CCc1c(N2CCN(C(=O)c3ncnc(C)c3O)CC2)c(=O)n2nc(C3=CCC(=C(F)F)CC3)nc2n1CC(=O)Nc1ccc(C(F)(F)F)cc1Cl. The van der Waals surface area contributed by atoms with Crippen LogP contribution in [0.25, 0.3) is 11.4 Å². The van der Waals surface area contributed by atoms with Crippen LogP contribution in [-0.2, 0) is 23.9 Å². The van der Waals surface area contributed by atoms with E-state index in [1.54, 1.807) is 17.9 Å². The molecule has 0 saturated carbocycles. The summed E-state index contributed by atoms with van der Waals surface area (Å²) in [5, 5.41) is 17.0. The minimum atomic E-state index is -4.65. The number of aryl methyl sites for hydroxylation is 1. The number of alkyl halides is 3. The van der Waals surface area contributed by atoms with Crippen LogP contribution in [0, 0.1) is 6.92 Å². The average molecular weight is 748 g/mol. The van der Waals surface area contributed by atoms with E-state index in [0.717, 1.165) is 16.6 Å². The van der Waals surface area contributed by atoms with Crippen LogP contribution in [0.4, 0.5) is 33.3 Å². The molecule has 19 heteroatoms. The first kappa shape index (κ1) is 36.4. The van der Waals surface area contributed by atoms with Gasteiger partial charge < -0.3 is 24.8 Å². The van der Waals surface area contributed by atoms with Gasteiger partial charge in [0.15, 0.2) is 17.3 Å². The van der Waals surface area contributed by atoms with Gasteiger partial charge in [0.2, 0.25) is 11.7 Å². The van der Waals surface area contributed by atoms with Crippen molar-refractivity contribution < 1.29 is 36.6 Å². The molecule has 2 amide bonds. The third-order valence-corrected chi connectivity index (χ3v) is 9.28. The quantitative estimate of drug-likeness (QED) is 0.242. The van der Waals surface area contributed by atoms with E-state index in [0.29, 0.717) is 17.3 Å². The van der Waals surface area contributed by atoms with Gasteiger partial charge >= 0.3 is 6.18 Å². The van der Waals surface area contributed by atoms with Crippen molar-refractivity contribution in [3.05, 3.63) is 86.1 Å². The Bertz CT molecular complexity index is 2200. The molecule has 1 saturated heterocycles. The zero-order chi connectivity index (χ0) is 37.5. The van der Waals surface area contributed by atoms with Crippen molar-refractivity contribution in [2.75, 3.05) is 36.4 Å². The van der Waals surface area contributed by atoms with Crippen LogP contribution in [0.1, 0.15) is 59.5 Å². The van der Waals surface area contributed by atoms with Gasteiger partial charge in [0, 0.05) is 26.2 Å². The van der Waals surface area contributed by atoms with Crippen LogP contribution in [0.2, 0.25) is 5.02 Å². The van der Waals surface area contributed by atoms with E-state index >= 15 is 0 Å². The highest BCUT2D eigenvalue weighted by atomic mass is 35.5. The number of aromatic hydroxyl groups is 1. The standard InChI is InChI=1S/C33H31ClF5N9O4/c1-3-23-26(45-10-12-46(13-11-45)30(51)25-27(50)17(2)40-16-41-25)31(52)48-32(43-29(44-48)19-6-4-18(5-7-19)28(35)36)47(23)15-24(49)42-22-9-8-20(14-21(22)34)33(37,38)39/h6,8-9,14,16,50H,3-5,7,10-13,15H2,1-2H3,(H,42,49). The van der Waals surface area contributed by atoms with Gasteiger partial charge in [-0.05, 0) is 62.0 Å². The molecular weight excluding hydrogens is 717 g/mol. The molecule has 0 atom stereocenters. The van der Waals surface area contributed by atoms with Crippen LogP contribution in [0.5, 0.6) is 5.75 Å². The first-order valence-corrected chi connectivity index (χ1v) is 16.5. The molecule has 0 bridgehead atoms. The van der Waals surface area contributed by atoms with E-state index in [9.17, 15) is 41.4 Å². The number of allylic oxidation sites excluding steroid dienone is 3. The molecule has 274 valence electrons. The zero-order valence-corrected chi connectivity index (χ0v) is 28.5. The van der Waals surface area contributed by atoms with Crippen molar-refractivity contribution in [3.63, 3.8) is 0 Å². The number of benzene rings is 1. The van der Waals surface area contributed by atoms with Crippen LogP contribution < -0.4 is 15.8 Å². The van der Waals surface area contributed by atoms with E-state index in [-0.39, 0.29) is 103 Å². The number of carbonyl (C=O) groups is 2. The molecule has 1 fully saturated rings. The lowest BCUT2D eigenvalue weighted by Gasteiger charge is -2.36. The summed E-state index contributed by atoms with van der Waals surface area (Å²) in [6.45, 7) is 3.48. The van der Waals surface area contributed by atoms with Crippen molar-refractivity contribution >= 4 is 46.1 Å². The number of aromatic nitrogens is 6. The smallest absolute Gasteiger partial charge is 0.416 e. The monoisotopic (exact) mass is 747 g/mol. The van der Waals surface area contributed by atoms with E-state index < -0.39 is 41.7 Å². The number of piperazine rings is 1. The summed E-state index contributed by atoms with van der Waals surface area (Å²) in [6.07, 6.45) is -3.19. The summed E-state index contributed by atoms with van der Waals surface area (Å²) < 4.78 is 68.5. The highest BCUT2D eigenvalue weighted by Crippen LogP contribution is 2.34. The first-order chi connectivity index (χ1) is 24.7. The Hall–Kier alpha value is -5.39. The Morgan fingerprint density at radius 2 is 1.81 bits per heavy atom. The Kier molecular flexibility index (Phi) is 10.0. The molecule has 0 unspecified atom stereocenters. The maximum absolute atomic E-state index is 14.2. The van der Waals surface area contributed by atoms with E-state index in [1.807, 2.05) is 0 Å². The topological polar surface area (TPSA) is 151 Å². The number of nitrogens with one attached hydrogen (secondary N) is 1. The van der Waals surface area contributed by atoms with Gasteiger partial charge in [-0.2, -0.15) is 31.5 Å². The third kappa shape index (κ3) is 7.06. The second-order valence-corrected chi connectivity index (χ2v) is 12.6. The highest BCUT2D eigenvalue weighted by Gasteiger charge is 2.32. The number of hydrogen-bond acceptors (Lipinski definition) is 9. The van der Waals surface area contributed by atoms with Gasteiger partial charge in [0.25, 0.3) is 17.5 Å². The molecular formula is C33H31ClF5N9O4. The lowest BCUT2D eigenvalue weighted by atomic mass is 9.95. The number of carbonyl (C=O) groups excluding carboxylic acids is 2. The third-order valence-electron chi connectivity index (χ3n) is 8.97. The van der Waals surface area contributed by atoms with Crippen molar-refractivity contribution in [2.24, 2.45) is 0 Å². The van der Waals surface area contributed by atoms with Gasteiger partial charge in [0.05, 0.1) is 27.7 Å². The Labute approximate surface area is 297 Å². The van der Waals surface area contributed by atoms with Crippen LogP contribution in [0.15, 0.2) is 47.1 Å². The van der Waals surface area contributed by atoms with Crippen LogP contribution in [-0.4, -0.2) is 77.1 Å². The van der Waals surface area contributed by atoms with E-state index in [1.165, 1.54) is 22.7 Å². The Balaban J connectivity index is 1.36. The fourth-order valence-electron chi connectivity index (χ4n) is 6.21. The fourth-order valence-corrected chi connectivity index (χ4v) is 6.44. The summed E-state index contributed by atoms with van der Waals surface area (Å²) in [5.41, 5.74) is -0.445. The number of hydrogen-bond donors (Lipinski definition) is 2. The molecule has 1 aliphatic heterocycles. The Morgan fingerprint density at radius 3 is 2.42 bits per heavy atom. The molecule has 2 N–H and O–H groups in total. The largest absolute Gasteiger partial charge is 0.504 e. The second-order valence-electron chi connectivity index (χ2n) is 12.2. The molecule has 3 aromatic heterocycles. The number of halogens is 6. The highest BCUT2D eigenvalue weighted by molar-refractivity contribution is 6.33. The van der Waals surface area contributed by atoms with Gasteiger partial charge in [0.1, 0.15) is 18.6 Å². The summed E-state index contributed by atoms with van der Waals surface area (Å²) in [7, 11) is 0. The molecule has 4 heterocycles. The molecule has 6 rings (SSSR count). The number of rotatable bonds is 7. The normalized spacial score (nSPS) is 15.2. The molecule has 13 nitrogen and oxygen atoms in total. The maximum atomic E-state index is 14.2. The van der Waals surface area contributed by atoms with E-state index in [2.05, 4.69) is 25.4 Å². The minimum Gasteiger partial charge on any atom is -0.504 e. The lowest BCUT2D eigenvalue weighted by Crippen LogP contribution is -2.51. The van der Waals surface area contributed by atoms with E-state index in [4.69, 9.17) is 11.6 Å². The van der Waals surface area contributed by atoms with Gasteiger partial charge in [-0.15, -0.1) is 5.10 Å². The summed E-state index contributed by atoms with van der Waals surface area (Å²) in [6, 6.07) is 2.51. The number of nitrogens with zero attached hydrogens (tertiary/aromatic N) is 8. The minimum absolute atomic E-state index is 0.0103. The molecule has 0 spiro atoms. The summed E-state index contributed by atoms with van der Waals surface area (Å²) in [4.78, 5) is 56.5. The predicted molar refractivity (Wildman–Crippen MR) is 179 cm³/mol. The van der Waals surface area contributed by atoms with Crippen molar-refractivity contribution in [3.8, 4) is 5.75 Å². The van der Waals surface area contributed by atoms with Crippen LogP contribution in [0.3, 0.4) is 0 Å². The van der Waals surface area contributed by atoms with Crippen molar-refractivity contribution in [1.29, 1.82) is 0 Å². The second kappa shape index (κ2) is 14.3. The Morgan fingerprint density at radius 1 is 1.08 bits per heavy atom. The molecule has 52 heavy (non-hydrogen) atoms. The predicted octanol–water partition coefficient (Wildman–Crippen LogP) is 5.25. The number of fused-ring (bicyclic) bond motifs is 1. The fraction of sp³-hybridized carbons (Fsp3) is 0.364. The summed E-state index contributed by atoms with van der Waals surface area (Å²) in [5.74, 6) is -1.44.